The number of hydrogen-bond donors (Lipinski definition) is 2. The number of nitrogens with one attached hydrogen (secondary N) is 2. The van der Waals surface area contributed by atoms with Crippen molar-refractivity contribution in [2.75, 3.05) is 24.4 Å². The number of rotatable bonds is 6. The summed E-state index contributed by atoms with van der Waals surface area (Å²) >= 11 is 5.13. The monoisotopic (exact) mass is 401 g/mol. The second kappa shape index (κ2) is 8.54. The SMILES string of the molecule is COc1ccccc1NC(=S)Nc1cc(OCC(F)(F)F)cc([N+](=O)[O-])c1. The standard InChI is InChI=1S/C16H14F3N3O4S/c1-25-14-5-3-2-4-13(14)21-15(27)20-10-6-11(22(23)24)8-12(7-10)26-9-16(17,18)19/h2-8H,9H2,1H3,(H2,20,21,27). The number of para-hydroxylation sites is 2. The number of non-ortho nitro benzene ring substituents is 1. The van der Waals surface area contributed by atoms with Gasteiger partial charge in [0.25, 0.3) is 5.69 Å². The van der Waals surface area contributed by atoms with Crippen LogP contribution in [0.25, 0.3) is 0 Å². The number of nitro groups is 1. The van der Waals surface area contributed by atoms with Crippen molar-refractivity contribution < 1.29 is 27.6 Å². The van der Waals surface area contributed by atoms with Crippen molar-refractivity contribution in [1.29, 1.82) is 0 Å². The number of ether oxygens (including phenoxy) is 2. The highest BCUT2D eigenvalue weighted by Gasteiger charge is 2.28. The molecule has 0 atom stereocenters. The molecular weight excluding hydrogens is 387 g/mol. The summed E-state index contributed by atoms with van der Waals surface area (Å²) in [6.45, 7) is -1.57. The minimum atomic E-state index is -4.57. The van der Waals surface area contributed by atoms with E-state index in [-0.39, 0.29) is 16.5 Å². The molecule has 7 nitrogen and oxygen atoms in total. The molecule has 144 valence electrons. The lowest BCUT2D eigenvalue weighted by molar-refractivity contribution is -0.384. The molecule has 0 fully saturated rings. The molecule has 0 saturated carbocycles. The second-order valence-corrected chi connectivity index (χ2v) is 5.56. The number of anilines is 2. The summed E-state index contributed by atoms with van der Waals surface area (Å²) in [5, 5.41) is 16.6. The van der Waals surface area contributed by atoms with Crippen LogP contribution >= 0.6 is 12.2 Å². The molecule has 0 aliphatic heterocycles. The Labute approximate surface area is 157 Å². The van der Waals surface area contributed by atoms with E-state index in [0.717, 1.165) is 12.1 Å². The number of halogens is 3. The first kappa shape index (κ1) is 20.2. The fourth-order valence-electron chi connectivity index (χ4n) is 2.04. The molecule has 2 rings (SSSR count). The zero-order valence-electron chi connectivity index (χ0n) is 13.9. The van der Waals surface area contributed by atoms with Gasteiger partial charge in [0.15, 0.2) is 11.7 Å². The Morgan fingerprint density at radius 1 is 1.22 bits per heavy atom. The number of nitrogens with zero attached hydrogens (tertiary/aromatic N) is 1. The number of methoxy groups -OCH3 is 1. The van der Waals surface area contributed by atoms with E-state index in [2.05, 4.69) is 15.4 Å². The van der Waals surface area contributed by atoms with E-state index in [1.165, 1.54) is 13.2 Å². The average molecular weight is 401 g/mol. The molecule has 0 amide bonds. The zero-order valence-corrected chi connectivity index (χ0v) is 14.7. The van der Waals surface area contributed by atoms with Crippen molar-refractivity contribution in [2.45, 2.75) is 6.18 Å². The minimum Gasteiger partial charge on any atom is -0.495 e. The molecule has 11 heteroatoms. The fourth-order valence-corrected chi connectivity index (χ4v) is 2.27. The van der Waals surface area contributed by atoms with Gasteiger partial charge in [-0.05, 0) is 24.4 Å². The van der Waals surface area contributed by atoms with Gasteiger partial charge in [0.1, 0.15) is 11.5 Å². The van der Waals surface area contributed by atoms with Gasteiger partial charge >= 0.3 is 6.18 Å². The van der Waals surface area contributed by atoms with Gasteiger partial charge in [0.2, 0.25) is 0 Å². The van der Waals surface area contributed by atoms with E-state index in [9.17, 15) is 23.3 Å². The molecule has 0 aromatic heterocycles. The van der Waals surface area contributed by atoms with Gasteiger partial charge in [-0.1, -0.05) is 12.1 Å². The summed E-state index contributed by atoms with van der Waals surface area (Å²) in [5.74, 6) is 0.194. The Hall–Kier alpha value is -3.08. The summed E-state index contributed by atoms with van der Waals surface area (Å²) in [6.07, 6.45) is -4.57. The molecule has 0 radical (unpaired) electrons. The van der Waals surface area contributed by atoms with Crippen LogP contribution in [0.5, 0.6) is 11.5 Å². The topological polar surface area (TPSA) is 85.7 Å². The maximum absolute atomic E-state index is 12.3. The van der Waals surface area contributed by atoms with Gasteiger partial charge in [-0.25, -0.2) is 0 Å². The second-order valence-electron chi connectivity index (χ2n) is 5.16. The lowest BCUT2D eigenvalue weighted by Crippen LogP contribution is -2.20. The number of benzene rings is 2. The van der Waals surface area contributed by atoms with Crippen LogP contribution in [0.4, 0.5) is 30.2 Å². The Kier molecular flexibility index (Phi) is 6.40. The Morgan fingerprint density at radius 2 is 1.93 bits per heavy atom. The summed E-state index contributed by atoms with van der Waals surface area (Å²) in [5.41, 5.74) is 0.183. The van der Waals surface area contributed by atoms with Crippen molar-refractivity contribution >= 4 is 34.4 Å². The maximum atomic E-state index is 12.3. The third kappa shape index (κ3) is 6.29. The van der Waals surface area contributed by atoms with Gasteiger partial charge in [-0.2, -0.15) is 13.2 Å². The summed E-state index contributed by atoms with van der Waals surface area (Å²) in [7, 11) is 1.47. The van der Waals surface area contributed by atoms with Gasteiger partial charge in [0.05, 0.1) is 29.5 Å². The molecular formula is C16H14F3N3O4S. The normalized spacial score (nSPS) is 10.8. The van der Waals surface area contributed by atoms with Gasteiger partial charge in [0, 0.05) is 12.1 Å². The number of thiocarbonyl (C=S) groups is 1. The number of nitro benzene ring substituents is 1. The lowest BCUT2D eigenvalue weighted by atomic mass is 10.2. The van der Waals surface area contributed by atoms with Gasteiger partial charge < -0.3 is 20.1 Å². The lowest BCUT2D eigenvalue weighted by Gasteiger charge is -2.14. The van der Waals surface area contributed by atoms with E-state index >= 15 is 0 Å². The molecule has 0 bridgehead atoms. The van der Waals surface area contributed by atoms with Crippen LogP contribution in [0.2, 0.25) is 0 Å². The highest BCUT2D eigenvalue weighted by atomic mass is 32.1. The molecule has 0 aliphatic rings. The molecule has 2 aromatic rings. The Morgan fingerprint density at radius 3 is 2.56 bits per heavy atom. The average Bonchev–Trinajstić information content (AvgIpc) is 2.59. The third-order valence-corrected chi connectivity index (χ3v) is 3.32. The van der Waals surface area contributed by atoms with E-state index in [1.807, 2.05) is 0 Å². The summed E-state index contributed by atoms with van der Waals surface area (Å²) in [6, 6.07) is 10.1. The van der Waals surface area contributed by atoms with Gasteiger partial charge in [-0.3, -0.25) is 10.1 Å². The molecule has 0 unspecified atom stereocenters. The first-order chi connectivity index (χ1) is 12.7. The van der Waals surface area contributed by atoms with Crippen molar-refractivity contribution in [3.8, 4) is 11.5 Å². The Balaban J connectivity index is 2.17. The number of alkyl halides is 3. The fraction of sp³-hybridized carbons (Fsp3) is 0.188. The van der Waals surface area contributed by atoms with Crippen LogP contribution < -0.4 is 20.1 Å². The molecule has 2 aromatic carbocycles. The van der Waals surface area contributed by atoms with E-state index in [4.69, 9.17) is 17.0 Å². The van der Waals surface area contributed by atoms with E-state index < -0.39 is 23.4 Å². The minimum absolute atomic E-state index is 0.0572. The molecule has 2 N–H and O–H groups in total. The highest BCUT2D eigenvalue weighted by molar-refractivity contribution is 7.80. The maximum Gasteiger partial charge on any atom is 0.422 e. The molecule has 0 spiro atoms. The third-order valence-electron chi connectivity index (χ3n) is 3.12. The van der Waals surface area contributed by atoms with Crippen LogP contribution in [0.15, 0.2) is 42.5 Å². The smallest absolute Gasteiger partial charge is 0.422 e. The van der Waals surface area contributed by atoms with Crippen molar-refractivity contribution in [2.24, 2.45) is 0 Å². The van der Waals surface area contributed by atoms with Crippen molar-refractivity contribution in [3.63, 3.8) is 0 Å². The molecule has 0 saturated heterocycles. The quantitative estimate of drug-likeness (QED) is 0.423. The van der Waals surface area contributed by atoms with Crippen LogP contribution in [0.1, 0.15) is 0 Å². The summed E-state index contributed by atoms with van der Waals surface area (Å²) < 4.78 is 46.7. The van der Waals surface area contributed by atoms with Crippen molar-refractivity contribution in [1.82, 2.24) is 0 Å². The number of hydrogen-bond acceptors (Lipinski definition) is 5. The van der Waals surface area contributed by atoms with Crippen molar-refractivity contribution in [3.05, 3.63) is 52.6 Å². The molecule has 0 heterocycles. The van der Waals surface area contributed by atoms with Crippen LogP contribution in [0.3, 0.4) is 0 Å². The predicted molar refractivity (Wildman–Crippen MR) is 97.5 cm³/mol. The molecule has 27 heavy (non-hydrogen) atoms. The predicted octanol–water partition coefficient (Wildman–Crippen LogP) is 4.35. The Bertz CT molecular complexity index is 846. The first-order valence-electron chi connectivity index (χ1n) is 7.38. The zero-order chi connectivity index (χ0) is 20.0. The largest absolute Gasteiger partial charge is 0.495 e. The van der Waals surface area contributed by atoms with E-state index in [0.29, 0.717) is 11.4 Å². The van der Waals surface area contributed by atoms with Crippen LogP contribution in [0, 0.1) is 10.1 Å². The summed E-state index contributed by atoms with van der Waals surface area (Å²) in [4.78, 5) is 10.3. The van der Waals surface area contributed by atoms with Gasteiger partial charge in [-0.15, -0.1) is 0 Å². The molecule has 0 aliphatic carbocycles. The van der Waals surface area contributed by atoms with Crippen LogP contribution in [-0.4, -0.2) is 29.9 Å². The van der Waals surface area contributed by atoms with Crippen LogP contribution in [-0.2, 0) is 0 Å². The highest BCUT2D eigenvalue weighted by Crippen LogP contribution is 2.28. The first-order valence-corrected chi connectivity index (χ1v) is 7.79. The van der Waals surface area contributed by atoms with E-state index in [1.54, 1.807) is 24.3 Å².